The van der Waals surface area contributed by atoms with Crippen LogP contribution in [0.4, 0.5) is 0 Å². The van der Waals surface area contributed by atoms with Crippen molar-refractivity contribution in [1.82, 2.24) is 4.90 Å². The van der Waals surface area contributed by atoms with Crippen molar-refractivity contribution in [1.29, 1.82) is 0 Å². The number of amides is 1. The summed E-state index contributed by atoms with van der Waals surface area (Å²) in [5, 5.41) is 1.32. The number of carbonyl (C=O) groups is 1. The van der Waals surface area contributed by atoms with Crippen molar-refractivity contribution in [3.8, 4) is 0 Å². The number of nitrogens with zero attached hydrogens (tertiary/aromatic N) is 1. The van der Waals surface area contributed by atoms with Gasteiger partial charge in [-0.05, 0) is 43.4 Å². The highest BCUT2D eigenvalue weighted by molar-refractivity contribution is 6.35. The average Bonchev–Trinajstić information content (AvgIpc) is 2.84. The minimum Gasteiger partial charge on any atom is -0.339 e. The molecule has 1 heterocycles. The van der Waals surface area contributed by atoms with E-state index in [1.807, 2.05) is 12.1 Å². The second-order valence-electron chi connectivity index (χ2n) is 6.25. The van der Waals surface area contributed by atoms with Crippen molar-refractivity contribution in [2.75, 3.05) is 6.54 Å². The highest BCUT2D eigenvalue weighted by Gasteiger charge is 2.36. The Morgan fingerprint density at radius 1 is 1.10 bits per heavy atom. The smallest absolute Gasteiger partial charge is 0.226 e. The molecule has 1 amide bonds. The van der Waals surface area contributed by atoms with Gasteiger partial charge in [0.15, 0.2) is 0 Å². The van der Waals surface area contributed by atoms with Crippen LogP contribution >= 0.6 is 23.2 Å². The Bertz CT molecular complexity index is 526. The fourth-order valence-electron chi connectivity index (χ4n) is 3.66. The number of benzene rings is 1. The van der Waals surface area contributed by atoms with Gasteiger partial charge >= 0.3 is 0 Å². The van der Waals surface area contributed by atoms with Crippen molar-refractivity contribution in [3.05, 3.63) is 33.8 Å². The van der Waals surface area contributed by atoms with Gasteiger partial charge in [-0.25, -0.2) is 0 Å². The van der Waals surface area contributed by atoms with Crippen molar-refractivity contribution in [2.24, 2.45) is 5.92 Å². The van der Waals surface area contributed by atoms with Gasteiger partial charge in [0.2, 0.25) is 5.91 Å². The summed E-state index contributed by atoms with van der Waals surface area (Å²) in [6.07, 6.45) is 7.90. The van der Waals surface area contributed by atoms with Gasteiger partial charge in [-0.15, -0.1) is 0 Å². The first-order valence-corrected chi connectivity index (χ1v) is 8.65. The molecule has 0 radical (unpaired) electrons. The van der Waals surface area contributed by atoms with E-state index in [0.29, 0.717) is 22.0 Å². The number of hydrogen-bond acceptors (Lipinski definition) is 1. The van der Waals surface area contributed by atoms with E-state index in [0.717, 1.165) is 24.9 Å². The molecule has 1 aromatic carbocycles. The van der Waals surface area contributed by atoms with Crippen LogP contribution < -0.4 is 0 Å². The third-order valence-corrected chi connectivity index (χ3v) is 5.43. The molecule has 3 rings (SSSR count). The first-order chi connectivity index (χ1) is 10.1. The molecule has 2 aliphatic rings. The Morgan fingerprint density at radius 3 is 2.57 bits per heavy atom. The molecule has 114 valence electrons. The molecule has 1 aliphatic heterocycles. The normalized spacial score (nSPS) is 23.8. The monoisotopic (exact) mass is 325 g/mol. The van der Waals surface area contributed by atoms with Crippen LogP contribution in [0.3, 0.4) is 0 Å². The predicted molar refractivity (Wildman–Crippen MR) is 86.9 cm³/mol. The zero-order valence-electron chi connectivity index (χ0n) is 12.2. The van der Waals surface area contributed by atoms with E-state index in [9.17, 15) is 4.79 Å². The predicted octanol–water partition coefficient (Wildman–Crippen LogP) is 4.72. The molecule has 0 bridgehead atoms. The number of halogens is 2. The molecular weight excluding hydrogens is 305 g/mol. The third-order valence-electron chi connectivity index (χ3n) is 4.85. The van der Waals surface area contributed by atoms with Gasteiger partial charge in [0.05, 0.1) is 0 Å². The summed E-state index contributed by atoms with van der Waals surface area (Å²) >= 11 is 12.2. The fraction of sp³-hybridized carbons (Fsp3) is 0.588. The molecule has 21 heavy (non-hydrogen) atoms. The average molecular weight is 326 g/mol. The molecule has 1 saturated carbocycles. The molecule has 0 aromatic heterocycles. The first-order valence-electron chi connectivity index (χ1n) is 7.89. The van der Waals surface area contributed by atoms with Crippen LogP contribution in [0.1, 0.15) is 44.1 Å². The SMILES string of the molecule is O=C1C(Cc2ccc(Cl)cc2Cl)CCN1C1CCCCC1. The van der Waals surface area contributed by atoms with Crippen LogP contribution in [0.15, 0.2) is 18.2 Å². The molecule has 1 aliphatic carbocycles. The van der Waals surface area contributed by atoms with Gasteiger partial charge in [-0.1, -0.05) is 48.5 Å². The Hall–Kier alpha value is -0.730. The maximum Gasteiger partial charge on any atom is 0.226 e. The van der Waals surface area contributed by atoms with Crippen molar-refractivity contribution in [3.63, 3.8) is 0 Å². The molecule has 1 atom stereocenters. The van der Waals surface area contributed by atoms with Gasteiger partial charge in [0.1, 0.15) is 0 Å². The molecule has 1 aromatic rings. The van der Waals surface area contributed by atoms with E-state index < -0.39 is 0 Å². The minimum atomic E-state index is 0.0885. The Balaban J connectivity index is 1.66. The lowest BCUT2D eigenvalue weighted by Gasteiger charge is -2.31. The molecule has 2 fully saturated rings. The second kappa shape index (κ2) is 6.58. The zero-order chi connectivity index (χ0) is 14.8. The number of likely N-dealkylation sites (tertiary alicyclic amines) is 1. The fourth-order valence-corrected chi connectivity index (χ4v) is 4.15. The highest BCUT2D eigenvalue weighted by atomic mass is 35.5. The molecule has 0 spiro atoms. The molecule has 4 heteroatoms. The van der Waals surface area contributed by atoms with Crippen LogP contribution in [-0.4, -0.2) is 23.4 Å². The maximum absolute atomic E-state index is 12.6. The third kappa shape index (κ3) is 3.37. The van der Waals surface area contributed by atoms with E-state index in [1.165, 1.54) is 32.1 Å². The topological polar surface area (TPSA) is 20.3 Å². The summed E-state index contributed by atoms with van der Waals surface area (Å²) in [5.74, 6) is 0.415. The van der Waals surface area contributed by atoms with Gasteiger partial charge in [0, 0.05) is 28.5 Å². The molecule has 1 saturated heterocycles. The van der Waals surface area contributed by atoms with E-state index in [4.69, 9.17) is 23.2 Å². The Kier molecular flexibility index (Phi) is 4.75. The summed E-state index contributed by atoms with van der Waals surface area (Å²) < 4.78 is 0. The van der Waals surface area contributed by atoms with E-state index in [-0.39, 0.29) is 5.92 Å². The molecule has 2 nitrogen and oxygen atoms in total. The van der Waals surface area contributed by atoms with Crippen molar-refractivity contribution in [2.45, 2.75) is 51.0 Å². The van der Waals surface area contributed by atoms with Crippen LogP contribution in [0.25, 0.3) is 0 Å². The van der Waals surface area contributed by atoms with Crippen LogP contribution in [0, 0.1) is 5.92 Å². The Morgan fingerprint density at radius 2 is 1.86 bits per heavy atom. The van der Waals surface area contributed by atoms with Crippen LogP contribution in [0.5, 0.6) is 0 Å². The zero-order valence-corrected chi connectivity index (χ0v) is 13.7. The van der Waals surface area contributed by atoms with Crippen molar-refractivity contribution >= 4 is 29.1 Å². The van der Waals surface area contributed by atoms with Crippen LogP contribution in [-0.2, 0) is 11.2 Å². The van der Waals surface area contributed by atoms with E-state index in [1.54, 1.807) is 6.07 Å². The highest BCUT2D eigenvalue weighted by Crippen LogP contribution is 2.32. The van der Waals surface area contributed by atoms with E-state index in [2.05, 4.69) is 4.90 Å². The van der Waals surface area contributed by atoms with Crippen molar-refractivity contribution < 1.29 is 4.79 Å². The van der Waals surface area contributed by atoms with Crippen LogP contribution in [0.2, 0.25) is 10.0 Å². The summed E-state index contributed by atoms with van der Waals surface area (Å²) in [6, 6.07) is 6.04. The van der Waals surface area contributed by atoms with E-state index >= 15 is 0 Å². The first kappa shape index (κ1) is 15.2. The number of rotatable bonds is 3. The quantitative estimate of drug-likeness (QED) is 0.787. The summed E-state index contributed by atoms with van der Waals surface area (Å²) in [5.41, 5.74) is 1.03. The molecular formula is C17H21Cl2NO. The second-order valence-corrected chi connectivity index (χ2v) is 7.09. The van der Waals surface area contributed by atoms with Gasteiger partial charge in [-0.3, -0.25) is 4.79 Å². The summed E-state index contributed by atoms with van der Waals surface area (Å²) in [7, 11) is 0. The van der Waals surface area contributed by atoms with Gasteiger partial charge in [0.25, 0.3) is 0 Å². The standard InChI is InChI=1S/C17H21Cl2NO/c18-14-7-6-12(16(19)11-14)10-13-8-9-20(17(13)21)15-4-2-1-3-5-15/h6-7,11,13,15H,1-5,8-10H2. The molecule has 1 unspecified atom stereocenters. The number of carbonyl (C=O) groups excluding carboxylic acids is 1. The Labute approximate surface area is 136 Å². The molecule has 0 N–H and O–H groups in total. The lowest BCUT2D eigenvalue weighted by molar-refractivity contribution is -0.133. The largest absolute Gasteiger partial charge is 0.339 e. The summed E-state index contributed by atoms with van der Waals surface area (Å²) in [6.45, 7) is 0.916. The lowest BCUT2D eigenvalue weighted by atomic mass is 9.94. The minimum absolute atomic E-state index is 0.0885. The summed E-state index contributed by atoms with van der Waals surface area (Å²) in [4.78, 5) is 14.8. The lowest BCUT2D eigenvalue weighted by Crippen LogP contribution is -2.39. The maximum atomic E-state index is 12.6. The van der Waals surface area contributed by atoms with Gasteiger partial charge in [-0.2, -0.15) is 0 Å². The number of hydrogen-bond donors (Lipinski definition) is 0. The van der Waals surface area contributed by atoms with Gasteiger partial charge < -0.3 is 4.90 Å².